The second kappa shape index (κ2) is 8.33. The number of carbonyl (C=O) groups is 2. The Hall–Kier alpha value is -2.82. The molecule has 2 aromatic carbocycles. The first-order valence-electron chi connectivity index (χ1n) is 8.37. The van der Waals surface area contributed by atoms with Gasteiger partial charge in [0.1, 0.15) is 0 Å². The van der Waals surface area contributed by atoms with Gasteiger partial charge in [-0.1, -0.05) is 12.1 Å². The van der Waals surface area contributed by atoms with E-state index in [0.29, 0.717) is 5.56 Å². The fourth-order valence-electron chi connectivity index (χ4n) is 2.33. The summed E-state index contributed by atoms with van der Waals surface area (Å²) in [6, 6.07) is 13.1. The van der Waals surface area contributed by atoms with Gasteiger partial charge in [0.2, 0.25) is 5.91 Å². The van der Waals surface area contributed by atoms with Crippen LogP contribution in [0.1, 0.15) is 35.3 Å². The van der Waals surface area contributed by atoms with Crippen LogP contribution in [0.5, 0.6) is 0 Å². The van der Waals surface area contributed by atoms with Crippen molar-refractivity contribution >= 4 is 23.2 Å². The Bertz CT molecular complexity index is 752. The van der Waals surface area contributed by atoms with Crippen molar-refractivity contribution in [2.45, 2.75) is 33.7 Å². The molecule has 0 bridgehead atoms. The van der Waals surface area contributed by atoms with Crippen LogP contribution in [-0.4, -0.2) is 24.4 Å². The van der Waals surface area contributed by atoms with E-state index in [1.165, 1.54) is 0 Å². The number of anilines is 2. The maximum absolute atomic E-state index is 12.1. The maximum atomic E-state index is 12.1. The zero-order chi connectivity index (χ0) is 18.4. The molecular formula is C20H25N3O2. The summed E-state index contributed by atoms with van der Waals surface area (Å²) < 4.78 is 0. The van der Waals surface area contributed by atoms with Crippen molar-refractivity contribution in [1.29, 1.82) is 0 Å². The minimum absolute atomic E-state index is 0.0964. The van der Waals surface area contributed by atoms with Crippen molar-refractivity contribution in [2.24, 2.45) is 0 Å². The Labute approximate surface area is 148 Å². The summed E-state index contributed by atoms with van der Waals surface area (Å²) in [4.78, 5) is 24.0. The van der Waals surface area contributed by atoms with Gasteiger partial charge in [-0.3, -0.25) is 9.59 Å². The SMILES string of the molecule is Cc1ccc(C)c(NC(=O)CNc2ccc(C(=O)NC(C)C)cc2)c1. The lowest BCUT2D eigenvalue weighted by molar-refractivity contribution is -0.114. The van der Waals surface area contributed by atoms with Crippen molar-refractivity contribution in [2.75, 3.05) is 17.2 Å². The van der Waals surface area contributed by atoms with Crippen molar-refractivity contribution in [3.8, 4) is 0 Å². The van der Waals surface area contributed by atoms with E-state index in [-0.39, 0.29) is 24.4 Å². The predicted molar refractivity (Wildman–Crippen MR) is 102 cm³/mol. The van der Waals surface area contributed by atoms with Gasteiger partial charge >= 0.3 is 0 Å². The molecule has 0 radical (unpaired) electrons. The number of hydrogen-bond acceptors (Lipinski definition) is 3. The third-order valence-corrected chi connectivity index (χ3v) is 3.69. The van der Waals surface area contributed by atoms with Crippen LogP contribution in [0.25, 0.3) is 0 Å². The highest BCUT2D eigenvalue weighted by atomic mass is 16.2. The summed E-state index contributed by atoms with van der Waals surface area (Å²) in [6.07, 6.45) is 0. The number of aryl methyl sites for hydroxylation is 2. The molecule has 0 spiro atoms. The van der Waals surface area contributed by atoms with E-state index in [9.17, 15) is 9.59 Å². The molecule has 0 saturated heterocycles. The molecule has 2 rings (SSSR count). The normalized spacial score (nSPS) is 10.4. The van der Waals surface area contributed by atoms with Gasteiger partial charge in [0, 0.05) is 23.0 Å². The van der Waals surface area contributed by atoms with E-state index < -0.39 is 0 Å². The largest absolute Gasteiger partial charge is 0.376 e. The van der Waals surface area contributed by atoms with Gasteiger partial charge in [0.05, 0.1) is 6.54 Å². The highest BCUT2D eigenvalue weighted by Crippen LogP contribution is 2.16. The Kier molecular flexibility index (Phi) is 6.17. The van der Waals surface area contributed by atoms with Crippen LogP contribution in [0.4, 0.5) is 11.4 Å². The van der Waals surface area contributed by atoms with Gasteiger partial charge in [-0.05, 0) is 69.2 Å². The zero-order valence-corrected chi connectivity index (χ0v) is 15.1. The molecule has 0 saturated carbocycles. The summed E-state index contributed by atoms with van der Waals surface area (Å²) in [5, 5.41) is 8.81. The minimum atomic E-state index is -0.115. The number of nitrogens with one attached hydrogen (secondary N) is 3. The summed E-state index contributed by atoms with van der Waals surface area (Å²) in [5.41, 5.74) is 4.34. The molecule has 0 aromatic heterocycles. The third-order valence-electron chi connectivity index (χ3n) is 3.69. The molecule has 132 valence electrons. The highest BCUT2D eigenvalue weighted by Gasteiger charge is 2.08. The molecule has 0 aliphatic carbocycles. The van der Waals surface area contributed by atoms with Gasteiger partial charge in [0.25, 0.3) is 5.91 Å². The molecule has 2 amide bonds. The van der Waals surface area contributed by atoms with Crippen LogP contribution in [-0.2, 0) is 4.79 Å². The number of rotatable bonds is 6. The molecule has 0 atom stereocenters. The predicted octanol–water partition coefficient (Wildman–Crippen LogP) is 3.49. The summed E-state index contributed by atoms with van der Waals surface area (Å²) in [7, 11) is 0. The summed E-state index contributed by atoms with van der Waals surface area (Å²) in [6.45, 7) is 7.95. The Morgan fingerprint density at radius 2 is 1.68 bits per heavy atom. The van der Waals surface area contributed by atoms with Gasteiger partial charge in [-0.15, -0.1) is 0 Å². The van der Waals surface area contributed by atoms with E-state index in [2.05, 4.69) is 16.0 Å². The van der Waals surface area contributed by atoms with E-state index in [1.807, 2.05) is 45.9 Å². The van der Waals surface area contributed by atoms with Gasteiger partial charge < -0.3 is 16.0 Å². The van der Waals surface area contributed by atoms with Crippen LogP contribution in [0.2, 0.25) is 0 Å². The third kappa shape index (κ3) is 5.64. The van der Waals surface area contributed by atoms with Crippen molar-refractivity contribution in [3.05, 3.63) is 59.2 Å². The molecule has 5 heteroatoms. The van der Waals surface area contributed by atoms with E-state index in [4.69, 9.17) is 0 Å². The fraction of sp³-hybridized carbons (Fsp3) is 0.300. The smallest absolute Gasteiger partial charge is 0.251 e. The quantitative estimate of drug-likeness (QED) is 0.754. The summed E-state index contributed by atoms with van der Waals surface area (Å²) >= 11 is 0. The van der Waals surface area contributed by atoms with Gasteiger partial charge in [0.15, 0.2) is 0 Å². The Morgan fingerprint density at radius 3 is 2.32 bits per heavy atom. The van der Waals surface area contributed by atoms with E-state index in [0.717, 1.165) is 22.5 Å². The lowest BCUT2D eigenvalue weighted by Gasteiger charge is -2.11. The molecule has 25 heavy (non-hydrogen) atoms. The average molecular weight is 339 g/mol. The zero-order valence-electron chi connectivity index (χ0n) is 15.1. The molecule has 0 aliphatic rings. The summed E-state index contributed by atoms with van der Waals surface area (Å²) in [5.74, 6) is -0.218. The first-order valence-corrected chi connectivity index (χ1v) is 8.37. The van der Waals surface area contributed by atoms with E-state index >= 15 is 0 Å². The van der Waals surface area contributed by atoms with Crippen molar-refractivity contribution in [1.82, 2.24) is 5.32 Å². The molecule has 0 fully saturated rings. The standard InChI is InChI=1S/C20H25N3O2/c1-13(2)22-20(25)16-7-9-17(10-8-16)21-12-19(24)23-18-11-14(3)5-6-15(18)4/h5-11,13,21H,12H2,1-4H3,(H,22,25)(H,23,24). The van der Waals surface area contributed by atoms with E-state index in [1.54, 1.807) is 24.3 Å². The topological polar surface area (TPSA) is 70.2 Å². The monoisotopic (exact) mass is 339 g/mol. The van der Waals surface area contributed by atoms with Gasteiger partial charge in [-0.2, -0.15) is 0 Å². The fourth-order valence-corrected chi connectivity index (χ4v) is 2.33. The van der Waals surface area contributed by atoms with Crippen LogP contribution < -0.4 is 16.0 Å². The number of amides is 2. The second-order valence-electron chi connectivity index (χ2n) is 6.43. The molecule has 3 N–H and O–H groups in total. The second-order valence-corrected chi connectivity index (χ2v) is 6.43. The van der Waals surface area contributed by atoms with Crippen LogP contribution in [0, 0.1) is 13.8 Å². The molecular weight excluding hydrogens is 314 g/mol. The first-order chi connectivity index (χ1) is 11.8. The lowest BCUT2D eigenvalue weighted by atomic mass is 10.1. The lowest BCUT2D eigenvalue weighted by Crippen LogP contribution is -2.30. The molecule has 0 aliphatic heterocycles. The van der Waals surface area contributed by atoms with Gasteiger partial charge in [-0.25, -0.2) is 0 Å². The number of benzene rings is 2. The Morgan fingerprint density at radius 1 is 1.00 bits per heavy atom. The minimum Gasteiger partial charge on any atom is -0.376 e. The van der Waals surface area contributed by atoms with Crippen LogP contribution >= 0.6 is 0 Å². The first kappa shape index (κ1) is 18.5. The number of hydrogen-bond donors (Lipinski definition) is 3. The molecule has 0 unspecified atom stereocenters. The maximum Gasteiger partial charge on any atom is 0.251 e. The average Bonchev–Trinajstić information content (AvgIpc) is 2.56. The molecule has 5 nitrogen and oxygen atoms in total. The Balaban J connectivity index is 1.89. The molecule has 0 heterocycles. The van der Waals surface area contributed by atoms with Crippen molar-refractivity contribution in [3.63, 3.8) is 0 Å². The van der Waals surface area contributed by atoms with Crippen LogP contribution in [0.3, 0.4) is 0 Å². The number of carbonyl (C=O) groups excluding carboxylic acids is 2. The highest BCUT2D eigenvalue weighted by molar-refractivity contribution is 5.95. The molecule has 2 aromatic rings. The van der Waals surface area contributed by atoms with Crippen molar-refractivity contribution < 1.29 is 9.59 Å². The van der Waals surface area contributed by atoms with Crippen LogP contribution in [0.15, 0.2) is 42.5 Å².